The van der Waals surface area contributed by atoms with E-state index in [9.17, 15) is 4.39 Å². The van der Waals surface area contributed by atoms with Crippen molar-refractivity contribution in [2.24, 2.45) is 0 Å². The molecule has 0 amide bonds. The van der Waals surface area contributed by atoms with E-state index in [0.29, 0.717) is 26.8 Å². The number of aromatic nitrogens is 2. The summed E-state index contributed by atoms with van der Waals surface area (Å²) in [5.41, 5.74) is 8.08. The van der Waals surface area contributed by atoms with Crippen LogP contribution in [0.25, 0.3) is 16.7 Å². The molecule has 0 bridgehead atoms. The maximum Gasteiger partial charge on any atom is 0.205 e. The summed E-state index contributed by atoms with van der Waals surface area (Å²) in [5.74, 6) is -0.176. The van der Waals surface area contributed by atoms with Crippen molar-refractivity contribution < 1.29 is 4.39 Å². The Hall–Kier alpha value is -2.39. The number of benzene rings is 2. The molecule has 2 aromatic carbocycles. The third-order valence-corrected chi connectivity index (χ3v) is 3.64. The first-order valence-corrected chi connectivity index (χ1v) is 6.53. The Morgan fingerprint density at radius 3 is 2.80 bits per heavy atom. The van der Waals surface area contributed by atoms with Crippen LogP contribution in [0.1, 0.15) is 5.56 Å². The van der Waals surface area contributed by atoms with Crippen LogP contribution in [-0.4, -0.2) is 9.55 Å². The zero-order chi connectivity index (χ0) is 14.3. The molecule has 4 nitrogen and oxygen atoms in total. The molecular weight excluding hydrogens is 323 g/mol. The smallest absolute Gasteiger partial charge is 0.205 e. The molecule has 0 fully saturated rings. The SMILES string of the molecule is N#Cc1cccc2c1nc(N)n2-c1ccc(Br)c(F)c1. The number of para-hydroxylation sites is 1. The van der Waals surface area contributed by atoms with Crippen LogP contribution in [-0.2, 0) is 0 Å². The lowest BCUT2D eigenvalue weighted by Crippen LogP contribution is -2.01. The second-order valence-corrected chi connectivity index (χ2v) is 5.04. The summed E-state index contributed by atoms with van der Waals surface area (Å²) in [5, 5.41) is 9.08. The minimum atomic E-state index is -0.389. The largest absolute Gasteiger partial charge is 0.369 e. The minimum absolute atomic E-state index is 0.212. The number of fused-ring (bicyclic) bond motifs is 1. The molecule has 0 aliphatic carbocycles. The highest BCUT2D eigenvalue weighted by Crippen LogP contribution is 2.27. The zero-order valence-corrected chi connectivity index (χ0v) is 11.7. The van der Waals surface area contributed by atoms with Crippen LogP contribution in [0.4, 0.5) is 10.3 Å². The molecule has 3 rings (SSSR count). The molecule has 0 saturated heterocycles. The van der Waals surface area contributed by atoms with Crippen LogP contribution >= 0.6 is 15.9 Å². The van der Waals surface area contributed by atoms with Gasteiger partial charge in [0.1, 0.15) is 17.4 Å². The lowest BCUT2D eigenvalue weighted by atomic mass is 10.2. The number of anilines is 1. The average Bonchev–Trinajstić information content (AvgIpc) is 2.78. The van der Waals surface area contributed by atoms with Crippen LogP contribution in [0.3, 0.4) is 0 Å². The summed E-state index contributed by atoms with van der Waals surface area (Å²) in [4.78, 5) is 4.20. The van der Waals surface area contributed by atoms with Crippen LogP contribution < -0.4 is 5.73 Å². The predicted octanol–water partition coefficient (Wildman–Crippen LogP) is 3.38. The number of imidazole rings is 1. The summed E-state index contributed by atoms with van der Waals surface area (Å²) < 4.78 is 15.7. The second kappa shape index (κ2) is 4.62. The second-order valence-electron chi connectivity index (χ2n) is 4.19. The number of nitrogen functional groups attached to an aromatic ring is 1. The molecule has 1 heterocycles. The molecule has 98 valence electrons. The fraction of sp³-hybridized carbons (Fsp3) is 0. The van der Waals surface area contributed by atoms with Crippen molar-refractivity contribution >= 4 is 32.9 Å². The predicted molar refractivity (Wildman–Crippen MR) is 77.9 cm³/mol. The quantitative estimate of drug-likeness (QED) is 0.743. The molecule has 20 heavy (non-hydrogen) atoms. The van der Waals surface area contributed by atoms with E-state index in [-0.39, 0.29) is 11.8 Å². The third-order valence-electron chi connectivity index (χ3n) is 2.99. The van der Waals surface area contributed by atoms with Crippen molar-refractivity contribution in [1.29, 1.82) is 5.26 Å². The van der Waals surface area contributed by atoms with Gasteiger partial charge in [-0.05, 0) is 46.3 Å². The van der Waals surface area contributed by atoms with E-state index in [0.717, 1.165) is 0 Å². The molecule has 0 aliphatic heterocycles. The number of hydrogen-bond donors (Lipinski definition) is 1. The van der Waals surface area contributed by atoms with Gasteiger partial charge in [0, 0.05) is 0 Å². The minimum Gasteiger partial charge on any atom is -0.369 e. The summed E-state index contributed by atoms with van der Waals surface area (Å²) in [7, 11) is 0. The van der Waals surface area contributed by atoms with Gasteiger partial charge in [0.2, 0.25) is 5.95 Å². The van der Waals surface area contributed by atoms with Gasteiger partial charge >= 0.3 is 0 Å². The molecule has 0 spiro atoms. The molecule has 0 saturated carbocycles. The van der Waals surface area contributed by atoms with E-state index < -0.39 is 0 Å². The zero-order valence-electron chi connectivity index (χ0n) is 10.1. The Kier molecular flexibility index (Phi) is 2.92. The van der Waals surface area contributed by atoms with E-state index in [1.54, 1.807) is 34.9 Å². The third kappa shape index (κ3) is 1.84. The van der Waals surface area contributed by atoms with Crippen molar-refractivity contribution in [3.63, 3.8) is 0 Å². The molecule has 0 aliphatic rings. The summed E-state index contributed by atoms with van der Waals surface area (Å²) in [6.07, 6.45) is 0. The highest BCUT2D eigenvalue weighted by molar-refractivity contribution is 9.10. The van der Waals surface area contributed by atoms with Crippen molar-refractivity contribution in [3.05, 3.63) is 52.3 Å². The van der Waals surface area contributed by atoms with Gasteiger partial charge in [-0.2, -0.15) is 5.26 Å². The number of nitriles is 1. The standard InChI is InChI=1S/C14H8BrFN4/c15-10-5-4-9(6-11(10)16)20-12-3-1-2-8(7-17)13(12)19-14(20)18/h1-6H,(H2,18,19). The molecule has 0 unspecified atom stereocenters. The van der Waals surface area contributed by atoms with Gasteiger partial charge in [-0.25, -0.2) is 9.37 Å². The first kappa shape index (κ1) is 12.6. The number of rotatable bonds is 1. The lowest BCUT2D eigenvalue weighted by Gasteiger charge is -2.07. The summed E-state index contributed by atoms with van der Waals surface area (Å²) in [6.45, 7) is 0. The average molecular weight is 331 g/mol. The fourth-order valence-electron chi connectivity index (χ4n) is 2.10. The Balaban J connectivity index is 2.34. The van der Waals surface area contributed by atoms with Gasteiger partial charge in [0.25, 0.3) is 0 Å². The molecule has 0 atom stereocenters. The van der Waals surface area contributed by atoms with E-state index >= 15 is 0 Å². The fourth-order valence-corrected chi connectivity index (χ4v) is 2.35. The molecule has 0 radical (unpaired) electrons. The van der Waals surface area contributed by atoms with Gasteiger partial charge < -0.3 is 5.73 Å². The number of nitrogens with zero attached hydrogens (tertiary/aromatic N) is 3. The van der Waals surface area contributed by atoms with Gasteiger partial charge in [-0.3, -0.25) is 4.57 Å². The monoisotopic (exact) mass is 330 g/mol. The van der Waals surface area contributed by atoms with Crippen LogP contribution in [0.2, 0.25) is 0 Å². The van der Waals surface area contributed by atoms with Gasteiger partial charge in [-0.1, -0.05) is 6.07 Å². The number of halogens is 2. The molecule has 1 aromatic heterocycles. The maximum atomic E-state index is 13.7. The Morgan fingerprint density at radius 1 is 1.30 bits per heavy atom. The Labute approximate surface area is 122 Å². The van der Waals surface area contributed by atoms with Crippen molar-refractivity contribution in [2.75, 3.05) is 5.73 Å². The van der Waals surface area contributed by atoms with Gasteiger partial charge in [0.05, 0.1) is 21.2 Å². The first-order chi connectivity index (χ1) is 9.61. The Morgan fingerprint density at radius 2 is 2.10 bits per heavy atom. The van der Waals surface area contributed by atoms with Crippen molar-refractivity contribution in [1.82, 2.24) is 9.55 Å². The van der Waals surface area contributed by atoms with Crippen LogP contribution in [0.15, 0.2) is 40.9 Å². The van der Waals surface area contributed by atoms with E-state index in [1.165, 1.54) is 6.07 Å². The topological polar surface area (TPSA) is 67.6 Å². The lowest BCUT2D eigenvalue weighted by molar-refractivity contribution is 0.620. The molecule has 3 aromatic rings. The highest BCUT2D eigenvalue weighted by Gasteiger charge is 2.13. The molecular formula is C14H8BrFN4. The van der Waals surface area contributed by atoms with E-state index in [4.69, 9.17) is 11.0 Å². The normalized spacial score (nSPS) is 10.7. The Bertz CT molecular complexity index is 863. The van der Waals surface area contributed by atoms with Crippen LogP contribution in [0.5, 0.6) is 0 Å². The highest BCUT2D eigenvalue weighted by atomic mass is 79.9. The van der Waals surface area contributed by atoms with Crippen molar-refractivity contribution in [3.8, 4) is 11.8 Å². The van der Waals surface area contributed by atoms with E-state index in [2.05, 4.69) is 27.0 Å². The molecule has 2 N–H and O–H groups in total. The first-order valence-electron chi connectivity index (χ1n) is 5.74. The van der Waals surface area contributed by atoms with E-state index in [1.807, 2.05) is 0 Å². The molecule has 6 heteroatoms. The number of nitrogens with two attached hydrogens (primary N) is 1. The van der Waals surface area contributed by atoms with Gasteiger partial charge in [0.15, 0.2) is 0 Å². The van der Waals surface area contributed by atoms with Gasteiger partial charge in [-0.15, -0.1) is 0 Å². The van der Waals surface area contributed by atoms with Crippen LogP contribution in [0, 0.1) is 17.1 Å². The summed E-state index contributed by atoms with van der Waals surface area (Å²) in [6, 6.07) is 12.0. The maximum absolute atomic E-state index is 13.7. The van der Waals surface area contributed by atoms with Crippen molar-refractivity contribution in [2.45, 2.75) is 0 Å². The number of hydrogen-bond acceptors (Lipinski definition) is 3. The summed E-state index contributed by atoms with van der Waals surface area (Å²) >= 11 is 3.11.